The molecule has 2 N–H and O–H groups in total. The zero-order valence-electron chi connectivity index (χ0n) is 16.2. The Labute approximate surface area is 174 Å². The molecule has 4 nitrogen and oxygen atoms in total. The van der Waals surface area contributed by atoms with Gasteiger partial charge in [-0.15, -0.1) is 11.3 Å². The predicted molar refractivity (Wildman–Crippen MR) is 116 cm³/mol. The SMILES string of the molecule is Cc1cc(C)c(NC(=O)C[NH+]2CCCC[C@@H]2c2nc3ccccc3s2)c(Cl)c1. The molecule has 0 saturated carbocycles. The molecule has 2 atom stereocenters. The van der Waals surface area contributed by atoms with Crippen LogP contribution in [0.1, 0.15) is 41.4 Å². The molecule has 1 aliphatic rings. The number of hydrogen-bond donors (Lipinski definition) is 2. The van der Waals surface area contributed by atoms with Crippen molar-refractivity contribution in [1.29, 1.82) is 0 Å². The Kier molecular flexibility index (Phi) is 5.67. The van der Waals surface area contributed by atoms with Crippen LogP contribution in [-0.2, 0) is 4.79 Å². The van der Waals surface area contributed by atoms with Gasteiger partial charge in [0.2, 0.25) is 0 Å². The first-order chi connectivity index (χ1) is 13.5. The minimum atomic E-state index is 0.0110. The number of fused-ring (bicyclic) bond motifs is 1. The van der Waals surface area contributed by atoms with Crippen molar-refractivity contribution >= 4 is 44.7 Å². The van der Waals surface area contributed by atoms with Gasteiger partial charge in [0.25, 0.3) is 5.91 Å². The molecule has 0 radical (unpaired) electrons. The Hall–Kier alpha value is -1.95. The summed E-state index contributed by atoms with van der Waals surface area (Å²) in [6, 6.07) is 12.5. The Balaban J connectivity index is 1.51. The summed E-state index contributed by atoms with van der Waals surface area (Å²) in [5.41, 5.74) is 3.87. The van der Waals surface area contributed by atoms with Gasteiger partial charge in [0.05, 0.1) is 27.5 Å². The molecule has 1 aliphatic heterocycles. The summed E-state index contributed by atoms with van der Waals surface area (Å²) >= 11 is 8.12. The number of nitrogens with one attached hydrogen (secondary N) is 2. The third-order valence-electron chi connectivity index (χ3n) is 5.43. The van der Waals surface area contributed by atoms with Crippen molar-refractivity contribution in [3.63, 3.8) is 0 Å². The van der Waals surface area contributed by atoms with Crippen molar-refractivity contribution in [3.8, 4) is 0 Å². The van der Waals surface area contributed by atoms with Gasteiger partial charge in [-0.05, 0) is 56.0 Å². The number of carbonyl (C=O) groups is 1. The van der Waals surface area contributed by atoms with Gasteiger partial charge in [-0.25, -0.2) is 4.98 Å². The number of aromatic nitrogens is 1. The predicted octanol–water partition coefficient (Wildman–Crippen LogP) is 4.32. The summed E-state index contributed by atoms with van der Waals surface area (Å²) in [6.07, 6.45) is 3.41. The largest absolute Gasteiger partial charge is 0.320 e. The van der Waals surface area contributed by atoms with Crippen LogP contribution < -0.4 is 10.2 Å². The number of aryl methyl sites for hydroxylation is 2. The van der Waals surface area contributed by atoms with E-state index in [2.05, 4.69) is 23.5 Å². The number of amides is 1. The second kappa shape index (κ2) is 8.19. The monoisotopic (exact) mass is 414 g/mol. The molecule has 3 aromatic rings. The van der Waals surface area contributed by atoms with Crippen molar-refractivity contribution in [2.75, 3.05) is 18.4 Å². The Morgan fingerprint density at radius 1 is 1.29 bits per heavy atom. The summed E-state index contributed by atoms with van der Waals surface area (Å²) in [5.74, 6) is 0.0110. The molecular formula is C22H25ClN3OS+. The fraction of sp³-hybridized carbons (Fsp3) is 0.364. The number of nitrogens with zero attached hydrogens (tertiary/aromatic N) is 1. The average molecular weight is 415 g/mol. The number of thiazole rings is 1. The van der Waals surface area contributed by atoms with Gasteiger partial charge in [-0.2, -0.15) is 0 Å². The number of anilines is 1. The summed E-state index contributed by atoms with van der Waals surface area (Å²) in [4.78, 5) is 19.0. The zero-order valence-corrected chi connectivity index (χ0v) is 17.8. The number of piperidine rings is 1. The molecule has 0 bridgehead atoms. The van der Waals surface area contributed by atoms with Crippen molar-refractivity contribution in [3.05, 3.63) is 57.6 Å². The third-order valence-corrected chi connectivity index (χ3v) is 6.87. The molecule has 1 aromatic heterocycles. The van der Waals surface area contributed by atoms with Crippen molar-refractivity contribution in [2.24, 2.45) is 0 Å². The lowest BCUT2D eigenvalue weighted by Crippen LogP contribution is -3.14. The summed E-state index contributed by atoms with van der Waals surface area (Å²) in [7, 11) is 0. The highest BCUT2D eigenvalue weighted by molar-refractivity contribution is 7.18. The van der Waals surface area contributed by atoms with Crippen LogP contribution in [0, 0.1) is 13.8 Å². The van der Waals surface area contributed by atoms with Crippen molar-refractivity contribution < 1.29 is 9.69 Å². The molecule has 2 aromatic carbocycles. The lowest BCUT2D eigenvalue weighted by atomic mass is 10.0. The topological polar surface area (TPSA) is 46.4 Å². The zero-order chi connectivity index (χ0) is 19.7. The Morgan fingerprint density at radius 3 is 2.89 bits per heavy atom. The van der Waals surface area contributed by atoms with Gasteiger partial charge >= 0.3 is 0 Å². The summed E-state index contributed by atoms with van der Waals surface area (Å²) in [6.45, 7) is 5.41. The van der Waals surface area contributed by atoms with E-state index in [1.165, 1.54) is 16.0 Å². The van der Waals surface area contributed by atoms with Crippen molar-refractivity contribution in [2.45, 2.75) is 39.2 Å². The lowest BCUT2D eigenvalue weighted by molar-refractivity contribution is -0.929. The molecule has 0 aliphatic carbocycles. The number of likely N-dealkylation sites (tertiary alicyclic amines) is 1. The van der Waals surface area contributed by atoms with Crippen LogP contribution >= 0.6 is 22.9 Å². The van der Waals surface area contributed by atoms with E-state index in [0.29, 0.717) is 11.6 Å². The van der Waals surface area contributed by atoms with Gasteiger partial charge in [-0.1, -0.05) is 29.8 Å². The molecular weight excluding hydrogens is 390 g/mol. The van der Waals surface area contributed by atoms with E-state index in [1.54, 1.807) is 11.3 Å². The first-order valence-electron chi connectivity index (χ1n) is 9.78. The van der Waals surface area contributed by atoms with E-state index < -0.39 is 0 Å². The van der Waals surface area contributed by atoms with Crippen LogP contribution in [0.3, 0.4) is 0 Å². The first kappa shape index (κ1) is 19.4. The maximum absolute atomic E-state index is 12.8. The van der Waals surface area contributed by atoms with Crippen molar-refractivity contribution in [1.82, 2.24) is 4.98 Å². The minimum absolute atomic E-state index is 0.0110. The number of para-hydroxylation sites is 1. The smallest absolute Gasteiger partial charge is 0.279 e. The van der Waals surface area contributed by atoms with E-state index >= 15 is 0 Å². The molecule has 1 fully saturated rings. The molecule has 6 heteroatoms. The summed E-state index contributed by atoms with van der Waals surface area (Å²) < 4.78 is 1.22. The number of carbonyl (C=O) groups excluding carboxylic acids is 1. The van der Waals surface area contributed by atoms with Gasteiger partial charge in [0.1, 0.15) is 6.04 Å². The van der Waals surface area contributed by atoms with Crippen LogP contribution in [0.25, 0.3) is 10.2 Å². The van der Waals surface area contributed by atoms with E-state index in [1.807, 2.05) is 32.0 Å². The second-order valence-electron chi connectivity index (χ2n) is 7.64. The fourth-order valence-electron chi connectivity index (χ4n) is 4.09. The standard InChI is InChI=1S/C22H24ClN3OS/c1-14-11-15(2)21(16(23)12-14)25-20(27)13-26-10-6-5-8-18(26)22-24-17-7-3-4-9-19(17)28-22/h3-4,7,9,11-12,18H,5-6,8,10,13H2,1-2H3,(H,25,27)/p+1/t18-/m1/s1. The quantitative estimate of drug-likeness (QED) is 0.668. The number of quaternary nitrogens is 1. The molecule has 1 amide bonds. The Morgan fingerprint density at radius 2 is 2.11 bits per heavy atom. The maximum atomic E-state index is 12.8. The van der Waals surface area contributed by atoms with Crippen LogP contribution in [0.4, 0.5) is 5.69 Å². The number of hydrogen-bond acceptors (Lipinski definition) is 3. The Bertz CT molecular complexity index is 960. The highest BCUT2D eigenvalue weighted by Crippen LogP contribution is 2.29. The molecule has 28 heavy (non-hydrogen) atoms. The number of benzene rings is 2. The molecule has 2 heterocycles. The average Bonchev–Trinajstić information content (AvgIpc) is 3.09. The lowest BCUT2D eigenvalue weighted by Gasteiger charge is -2.30. The highest BCUT2D eigenvalue weighted by atomic mass is 35.5. The highest BCUT2D eigenvalue weighted by Gasteiger charge is 2.32. The maximum Gasteiger partial charge on any atom is 0.279 e. The molecule has 0 spiro atoms. The molecule has 4 rings (SSSR count). The second-order valence-corrected chi connectivity index (χ2v) is 9.11. The first-order valence-corrected chi connectivity index (χ1v) is 11.0. The van der Waals surface area contributed by atoms with Gasteiger partial charge in [0, 0.05) is 6.42 Å². The minimum Gasteiger partial charge on any atom is -0.320 e. The van der Waals surface area contributed by atoms with E-state index in [9.17, 15) is 4.79 Å². The van der Waals surface area contributed by atoms with E-state index in [0.717, 1.165) is 46.7 Å². The van der Waals surface area contributed by atoms with Crippen LogP contribution in [0.5, 0.6) is 0 Å². The van der Waals surface area contributed by atoms with Crippen LogP contribution in [0.15, 0.2) is 36.4 Å². The molecule has 1 saturated heterocycles. The third kappa shape index (κ3) is 4.07. The van der Waals surface area contributed by atoms with Crippen LogP contribution in [0.2, 0.25) is 5.02 Å². The fourth-order valence-corrected chi connectivity index (χ4v) is 5.62. The van der Waals surface area contributed by atoms with Gasteiger partial charge in [-0.3, -0.25) is 4.79 Å². The molecule has 146 valence electrons. The van der Waals surface area contributed by atoms with Crippen LogP contribution in [-0.4, -0.2) is 24.0 Å². The molecule has 1 unspecified atom stereocenters. The van der Waals surface area contributed by atoms with E-state index in [4.69, 9.17) is 16.6 Å². The van der Waals surface area contributed by atoms with E-state index in [-0.39, 0.29) is 11.9 Å². The number of rotatable bonds is 4. The number of halogens is 1. The van der Waals surface area contributed by atoms with Gasteiger partial charge in [0.15, 0.2) is 11.6 Å². The summed E-state index contributed by atoms with van der Waals surface area (Å²) in [5, 5.41) is 4.79. The normalized spacial score (nSPS) is 19.7. The van der Waals surface area contributed by atoms with Gasteiger partial charge < -0.3 is 10.2 Å².